The Hall–Kier alpha value is -1.06. The lowest BCUT2D eigenvalue weighted by atomic mass is 9.90. The van der Waals surface area contributed by atoms with Gasteiger partial charge in [0.1, 0.15) is 0 Å². The van der Waals surface area contributed by atoms with Crippen LogP contribution in [0.25, 0.3) is 0 Å². The van der Waals surface area contributed by atoms with Crippen molar-refractivity contribution in [2.45, 2.75) is 33.2 Å². The number of nitrogens with zero attached hydrogens (tertiary/aromatic N) is 1. The molecule has 1 atom stereocenters. The van der Waals surface area contributed by atoms with Crippen molar-refractivity contribution < 1.29 is 4.79 Å². The summed E-state index contributed by atoms with van der Waals surface area (Å²) >= 11 is 6.07. The summed E-state index contributed by atoms with van der Waals surface area (Å²) in [6, 6.07) is 7.89. The normalized spacial score (nSPS) is 20.0. The highest BCUT2D eigenvalue weighted by Gasteiger charge is 2.30. The molecule has 1 N–H and O–H groups in total. The minimum Gasteiger partial charge on any atom is -0.333 e. The fourth-order valence-electron chi connectivity index (χ4n) is 2.57. The Morgan fingerprint density at radius 1 is 1.45 bits per heavy atom. The fraction of sp³-hybridized carbons (Fsp3) is 0.562. The second-order valence-corrected chi connectivity index (χ2v) is 7.04. The number of carbonyl (C=O) groups excluding carboxylic acids is 1. The van der Waals surface area contributed by atoms with Crippen molar-refractivity contribution in [2.24, 2.45) is 5.41 Å². The molecule has 1 unspecified atom stereocenters. The van der Waals surface area contributed by atoms with Gasteiger partial charge in [0, 0.05) is 31.1 Å². The monoisotopic (exact) mass is 294 g/mol. The molecule has 1 aromatic carbocycles. The highest BCUT2D eigenvalue weighted by Crippen LogP contribution is 2.28. The molecule has 1 aliphatic rings. The first-order valence-electron chi connectivity index (χ1n) is 7.12. The predicted octanol–water partition coefficient (Wildman–Crippen LogP) is 3.25. The van der Waals surface area contributed by atoms with Crippen LogP contribution >= 0.6 is 11.6 Å². The number of benzene rings is 1. The summed E-state index contributed by atoms with van der Waals surface area (Å²) in [5.41, 5.74) is 1.12. The number of nitrogens with one attached hydrogen (secondary N) is 1. The molecule has 110 valence electrons. The van der Waals surface area contributed by atoms with Crippen molar-refractivity contribution in [3.8, 4) is 0 Å². The fourth-order valence-corrected chi connectivity index (χ4v) is 2.77. The molecule has 1 fully saturated rings. The Labute approximate surface area is 126 Å². The van der Waals surface area contributed by atoms with Gasteiger partial charge < -0.3 is 10.2 Å². The molecule has 0 saturated carbocycles. The molecular weight excluding hydrogens is 272 g/mol. The lowest BCUT2D eigenvalue weighted by Crippen LogP contribution is -2.49. The Kier molecular flexibility index (Phi) is 4.71. The molecule has 0 radical (unpaired) electrons. The second kappa shape index (κ2) is 6.15. The van der Waals surface area contributed by atoms with E-state index in [4.69, 9.17) is 11.6 Å². The highest BCUT2D eigenvalue weighted by atomic mass is 35.5. The second-order valence-electron chi connectivity index (χ2n) is 6.60. The van der Waals surface area contributed by atoms with E-state index in [0.29, 0.717) is 6.42 Å². The van der Waals surface area contributed by atoms with Crippen LogP contribution < -0.4 is 5.32 Å². The van der Waals surface area contributed by atoms with E-state index < -0.39 is 0 Å². The maximum atomic E-state index is 12.5. The Morgan fingerprint density at radius 2 is 2.20 bits per heavy atom. The standard InChI is InChI=1S/C16H23ClN2O/c1-16(2,3)10-15(20)19-8-7-18-11-14(19)12-5-4-6-13(17)9-12/h4-6,9,14,18H,7-8,10-11H2,1-3H3. The van der Waals surface area contributed by atoms with Gasteiger partial charge in [-0.2, -0.15) is 0 Å². The number of hydrogen-bond acceptors (Lipinski definition) is 2. The van der Waals surface area contributed by atoms with Crippen molar-refractivity contribution in [1.29, 1.82) is 0 Å². The molecule has 2 rings (SSSR count). The minimum atomic E-state index is 0.0147. The van der Waals surface area contributed by atoms with E-state index in [1.807, 2.05) is 29.2 Å². The first kappa shape index (κ1) is 15.3. The molecule has 1 aliphatic heterocycles. The van der Waals surface area contributed by atoms with Gasteiger partial charge in [0.05, 0.1) is 6.04 Å². The highest BCUT2D eigenvalue weighted by molar-refractivity contribution is 6.30. The van der Waals surface area contributed by atoms with Crippen molar-refractivity contribution in [2.75, 3.05) is 19.6 Å². The Morgan fingerprint density at radius 3 is 2.85 bits per heavy atom. The first-order chi connectivity index (χ1) is 9.37. The number of piperazine rings is 1. The lowest BCUT2D eigenvalue weighted by molar-refractivity contribution is -0.136. The third-order valence-electron chi connectivity index (χ3n) is 3.48. The predicted molar refractivity (Wildman–Crippen MR) is 82.8 cm³/mol. The summed E-state index contributed by atoms with van der Waals surface area (Å²) in [4.78, 5) is 14.5. The van der Waals surface area contributed by atoms with Gasteiger partial charge >= 0.3 is 0 Å². The number of hydrogen-bond donors (Lipinski definition) is 1. The largest absolute Gasteiger partial charge is 0.333 e. The minimum absolute atomic E-state index is 0.0147. The van der Waals surface area contributed by atoms with Gasteiger partial charge in [-0.05, 0) is 23.1 Å². The zero-order valence-electron chi connectivity index (χ0n) is 12.4. The number of carbonyl (C=O) groups is 1. The number of halogens is 1. The van der Waals surface area contributed by atoms with Gasteiger partial charge in [0.15, 0.2) is 0 Å². The molecular formula is C16H23ClN2O. The Bertz CT molecular complexity index is 482. The zero-order chi connectivity index (χ0) is 14.8. The van der Waals surface area contributed by atoms with Gasteiger partial charge in [-0.15, -0.1) is 0 Å². The van der Waals surface area contributed by atoms with Crippen LogP contribution in [0.5, 0.6) is 0 Å². The van der Waals surface area contributed by atoms with E-state index >= 15 is 0 Å². The molecule has 1 aromatic rings. The maximum Gasteiger partial charge on any atom is 0.223 e. The smallest absolute Gasteiger partial charge is 0.223 e. The average Bonchev–Trinajstić information content (AvgIpc) is 2.37. The summed E-state index contributed by atoms with van der Waals surface area (Å²) in [6.45, 7) is 8.69. The van der Waals surface area contributed by atoms with Gasteiger partial charge in [0.2, 0.25) is 5.91 Å². The van der Waals surface area contributed by atoms with Crippen LogP contribution in [0.4, 0.5) is 0 Å². The van der Waals surface area contributed by atoms with Crippen LogP contribution in [-0.4, -0.2) is 30.4 Å². The van der Waals surface area contributed by atoms with Gasteiger partial charge in [0.25, 0.3) is 0 Å². The SMILES string of the molecule is CC(C)(C)CC(=O)N1CCNCC1c1cccc(Cl)c1. The van der Waals surface area contributed by atoms with E-state index in [2.05, 4.69) is 26.1 Å². The third kappa shape index (κ3) is 3.97. The first-order valence-corrected chi connectivity index (χ1v) is 7.50. The molecule has 0 aliphatic carbocycles. The van der Waals surface area contributed by atoms with E-state index in [0.717, 1.165) is 30.2 Å². The van der Waals surface area contributed by atoms with E-state index in [1.165, 1.54) is 0 Å². The van der Waals surface area contributed by atoms with Crippen molar-refractivity contribution >= 4 is 17.5 Å². The van der Waals surface area contributed by atoms with Gasteiger partial charge in [-0.3, -0.25) is 4.79 Å². The van der Waals surface area contributed by atoms with Crippen LogP contribution in [0, 0.1) is 5.41 Å². The number of rotatable bonds is 2. The van der Waals surface area contributed by atoms with Gasteiger partial charge in [-0.25, -0.2) is 0 Å². The summed E-state index contributed by atoms with van der Waals surface area (Å²) in [7, 11) is 0. The van der Waals surface area contributed by atoms with Crippen molar-refractivity contribution in [3.63, 3.8) is 0 Å². The quantitative estimate of drug-likeness (QED) is 0.908. The van der Waals surface area contributed by atoms with Crippen LogP contribution in [0.15, 0.2) is 24.3 Å². The number of amides is 1. The Balaban J connectivity index is 2.19. The van der Waals surface area contributed by atoms with Crippen LogP contribution in [0.1, 0.15) is 38.8 Å². The van der Waals surface area contributed by atoms with E-state index in [9.17, 15) is 4.79 Å². The van der Waals surface area contributed by atoms with Crippen molar-refractivity contribution in [1.82, 2.24) is 10.2 Å². The summed E-state index contributed by atoms with van der Waals surface area (Å²) in [6.07, 6.45) is 0.573. The lowest BCUT2D eigenvalue weighted by Gasteiger charge is -2.38. The summed E-state index contributed by atoms with van der Waals surface area (Å²) < 4.78 is 0. The molecule has 4 heteroatoms. The molecule has 20 heavy (non-hydrogen) atoms. The molecule has 1 saturated heterocycles. The average molecular weight is 295 g/mol. The third-order valence-corrected chi connectivity index (χ3v) is 3.71. The van der Waals surface area contributed by atoms with E-state index in [-0.39, 0.29) is 17.4 Å². The maximum absolute atomic E-state index is 12.5. The summed E-state index contributed by atoms with van der Waals surface area (Å²) in [5, 5.41) is 4.08. The molecule has 0 aromatic heterocycles. The molecule has 3 nitrogen and oxygen atoms in total. The van der Waals surface area contributed by atoms with Gasteiger partial charge in [-0.1, -0.05) is 44.5 Å². The molecule has 1 heterocycles. The molecule has 0 bridgehead atoms. The zero-order valence-corrected chi connectivity index (χ0v) is 13.2. The van der Waals surface area contributed by atoms with Crippen LogP contribution in [0.3, 0.4) is 0 Å². The molecule has 0 spiro atoms. The van der Waals surface area contributed by atoms with E-state index in [1.54, 1.807) is 0 Å². The van der Waals surface area contributed by atoms with Crippen LogP contribution in [-0.2, 0) is 4.79 Å². The summed E-state index contributed by atoms with van der Waals surface area (Å²) in [5.74, 6) is 0.226. The molecule has 1 amide bonds. The van der Waals surface area contributed by atoms with Crippen molar-refractivity contribution in [3.05, 3.63) is 34.9 Å². The van der Waals surface area contributed by atoms with Crippen LogP contribution in [0.2, 0.25) is 5.02 Å². The topological polar surface area (TPSA) is 32.3 Å².